The number of aromatic nitrogens is 2. The second kappa shape index (κ2) is 3.94. The standard InChI is InChI=1S/C15H15N5O/c1-15(2)9-3-11-12(4-10(9)20-14(15)21)19-13(18-11)8-5-16-7-17-6-8/h3-7,13,18-19H,1-2H3,(H,20,21). The zero-order valence-electron chi connectivity index (χ0n) is 11.8. The molecule has 6 nitrogen and oxygen atoms in total. The smallest absolute Gasteiger partial charge is 0.234 e. The second-order valence-corrected chi connectivity index (χ2v) is 5.92. The second-order valence-electron chi connectivity index (χ2n) is 5.92. The van der Waals surface area contributed by atoms with Gasteiger partial charge in [-0.3, -0.25) is 4.79 Å². The Hall–Kier alpha value is -2.63. The highest BCUT2D eigenvalue weighted by Crippen LogP contribution is 2.45. The van der Waals surface area contributed by atoms with E-state index < -0.39 is 5.41 Å². The zero-order valence-corrected chi connectivity index (χ0v) is 11.8. The Morgan fingerprint density at radius 1 is 1.05 bits per heavy atom. The number of anilines is 3. The molecule has 106 valence electrons. The van der Waals surface area contributed by atoms with Crippen molar-refractivity contribution in [3.8, 4) is 0 Å². The quantitative estimate of drug-likeness (QED) is 0.747. The van der Waals surface area contributed by atoms with Gasteiger partial charge < -0.3 is 16.0 Å². The van der Waals surface area contributed by atoms with Gasteiger partial charge in [0, 0.05) is 23.6 Å². The Balaban J connectivity index is 1.72. The summed E-state index contributed by atoms with van der Waals surface area (Å²) in [5.74, 6) is 0.0363. The monoisotopic (exact) mass is 281 g/mol. The summed E-state index contributed by atoms with van der Waals surface area (Å²) in [5, 5.41) is 9.72. The van der Waals surface area contributed by atoms with Crippen molar-refractivity contribution in [2.24, 2.45) is 0 Å². The minimum Gasteiger partial charge on any atom is -0.360 e. The number of nitrogens with zero attached hydrogens (tertiary/aromatic N) is 2. The summed E-state index contributed by atoms with van der Waals surface area (Å²) in [5.41, 5.74) is 4.33. The van der Waals surface area contributed by atoms with Crippen LogP contribution in [0.5, 0.6) is 0 Å². The molecule has 1 unspecified atom stereocenters. The van der Waals surface area contributed by atoms with E-state index >= 15 is 0 Å². The van der Waals surface area contributed by atoms with E-state index in [1.807, 2.05) is 26.0 Å². The normalized spacial score (nSPS) is 21.0. The summed E-state index contributed by atoms with van der Waals surface area (Å²) >= 11 is 0. The minimum absolute atomic E-state index is 0.0363. The summed E-state index contributed by atoms with van der Waals surface area (Å²) in [6, 6.07) is 4.02. The molecule has 0 spiro atoms. The first kappa shape index (κ1) is 12.1. The number of benzene rings is 1. The van der Waals surface area contributed by atoms with Crippen molar-refractivity contribution in [3.05, 3.63) is 42.0 Å². The highest BCUT2D eigenvalue weighted by atomic mass is 16.2. The number of amides is 1. The van der Waals surface area contributed by atoms with E-state index in [0.29, 0.717) is 0 Å². The third kappa shape index (κ3) is 1.68. The molecule has 1 amide bonds. The number of nitrogens with one attached hydrogen (secondary N) is 3. The maximum absolute atomic E-state index is 12.0. The van der Waals surface area contributed by atoms with Crippen molar-refractivity contribution in [3.63, 3.8) is 0 Å². The van der Waals surface area contributed by atoms with Crippen LogP contribution < -0.4 is 16.0 Å². The van der Waals surface area contributed by atoms with Gasteiger partial charge >= 0.3 is 0 Å². The fourth-order valence-electron chi connectivity index (χ4n) is 2.83. The number of hydrogen-bond acceptors (Lipinski definition) is 5. The van der Waals surface area contributed by atoms with Crippen molar-refractivity contribution in [1.82, 2.24) is 9.97 Å². The van der Waals surface area contributed by atoms with Crippen molar-refractivity contribution < 1.29 is 4.79 Å². The Labute approximate surface area is 122 Å². The van der Waals surface area contributed by atoms with E-state index in [4.69, 9.17) is 0 Å². The lowest BCUT2D eigenvalue weighted by Gasteiger charge is -2.15. The first-order valence-electron chi connectivity index (χ1n) is 6.83. The Morgan fingerprint density at radius 3 is 2.43 bits per heavy atom. The Morgan fingerprint density at radius 2 is 1.71 bits per heavy atom. The topological polar surface area (TPSA) is 78.9 Å². The van der Waals surface area contributed by atoms with Crippen LogP contribution in [0, 0.1) is 0 Å². The van der Waals surface area contributed by atoms with E-state index in [1.165, 1.54) is 6.33 Å². The molecule has 1 aromatic heterocycles. The maximum Gasteiger partial charge on any atom is 0.234 e. The van der Waals surface area contributed by atoms with E-state index in [0.717, 1.165) is 28.2 Å². The van der Waals surface area contributed by atoms with Gasteiger partial charge in [0.2, 0.25) is 5.91 Å². The molecular formula is C15H15N5O. The van der Waals surface area contributed by atoms with Crippen molar-refractivity contribution >= 4 is 23.0 Å². The highest BCUT2D eigenvalue weighted by molar-refractivity contribution is 6.07. The SMILES string of the molecule is CC1(C)C(=O)Nc2cc3c(cc21)NC(c1cncnc1)N3. The highest BCUT2D eigenvalue weighted by Gasteiger charge is 2.39. The summed E-state index contributed by atoms with van der Waals surface area (Å²) < 4.78 is 0. The summed E-state index contributed by atoms with van der Waals surface area (Å²) in [6.45, 7) is 3.87. The Kier molecular flexibility index (Phi) is 2.28. The molecule has 4 rings (SSSR count). The molecule has 1 aromatic carbocycles. The van der Waals surface area contributed by atoms with Crippen LogP contribution in [0.25, 0.3) is 0 Å². The van der Waals surface area contributed by atoms with Crippen LogP contribution >= 0.6 is 0 Å². The molecule has 3 heterocycles. The van der Waals surface area contributed by atoms with Crippen LogP contribution in [-0.4, -0.2) is 15.9 Å². The number of carbonyl (C=O) groups excluding carboxylic acids is 1. The summed E-state index contributed by atoms with van der Waals surface area (Å²) in [7, 11) is 0. The van der Waals surface area contributed by atoms with Crippen LogP contribution in [0.3, 0.4) is 0 Å². The van der Waals surface area contributed by atoms with Gasteiger partial charge in [-0.1, -0.05) is 0 Å². The van der Waals surface area contributed by atoms with Gasteiger partial charge in [0.15, 0.2) is 0 Å². The lowest BCUT2D eigenvalue weighted by Crippen LogP contribution is -2.26. The van der Waals surface area contributed by atoms with Gasteiger partial charge in [0.25, 0.3) is 0 Å². The predicted octanol–water partition coefficient (Wildman–Crippen LogP) is 2.24. The number of rotatable bonds is 1. The first-order valence-corrected chi connectivity index (χ1v) is 6.83. The van der Waals surface area contributed by atoms with Crippen LogP contribution in [-0.2, 0) is 10.2 Å². The molecule has 6 heteroatoms. The minimum atomic E-state index is -0.500. The van der Waals surface area contributed by atoms with E-state index in [9.17, 15) is 4.79 Å². The fraction of sp³-hybridized carbons (Fsp3) is 0.267. The van der Waals surface area contributed by atoms with E-state index in [2.05, 4.69) is 25.9 Å². The lowest BCUT2D eigenvalue weighted by molar-refractivity contribution is -0.119. The molecule has 2 aliphatic heterocycles. The van der Waals surface area contributed by atoms with Crippen molar-refractivity contribution in [1.29, 1.82) is 0 Å². The molecule has 21 heavy (non-hydrogen) atoms. The number of carbonyl (C=O) groups is 1. The first-order chi connectivity index (χ1) is 10.1. The molecule has 0 saturated heterocycles. The third-order valence-corrected chi connectivity index (χ3v) is 4.16. The Bertz CT molecular complexity index is 741. The molecule has 0 aliphatic carbocycles. The van der Waals surface area contributed by atoms with Gasteiger partial charge in [-0.2, -0.15) is 0 Å². The van der Waals surface area contributed by atoms with E-state index in [-0.39, 0.29) is 12.1 Å². The number of fused-ring (bicyclic) bond motifs is 2. The molecule has 2 aromatic rings. The molecule has 0 fully saturated rings. The largest absolute Gasteiger partial charge is 0.360 e. The fourth-order valence-corrected chi connectivity index (χ4v) is 2.83. The van der Waals surface area contributed by atoms with Gasteiger partial charge in [-0.05, 0) is 31.5 Å². The molecule has 0 bridgehead atoms. The van der Waals surface area contributed by atoms with E-state index in [1.54, 1.807) is 12.4 Å². The van der Waals surface area contributed by atoms with Gasteiger partial charge in [-0.25, -0.2) is 9.97 Å². The molecule has 3 N–H and O–H groups in total. The lowest BCUT2D eigenvalue weighted by atomic mass is 9.86. The van der Waals surface area contributed by atoms with Crippen LogP contribution in [0.4, 0.5) is 17.1 Å². The maximum atomic E-state index is 12.0. The average Bonchev–Trinajstić information content (AvgIpc) is 2.98. The summed E-state index contributed by atoms with van der Waals surface area (Å²) in [4.78, 5) is 20.1. The molecule has 1 atom stereocenters. The van der Waals surface area contributed by atoms with Gasteiger partial charge in [0.1, 0.15) is 12.5 Å². The zero-order chi connectivity index (χ0) is 14.6. The average molecular weight is 281 g/mol. The van der Waals surface area contributed by atoms with Crippen LogP contribution in [0.2, 0.25) is 0 Å². The van der Waals surface area contributed by atoms with Crippen LogP contribution in [0.1, 0.15) is 31.1 Å². The van der Waals surface area contributed by atoms with Crippen molar-refractivity contribution in [2.75, 3.05) is 16.0 Å². The molecule has 0 radical (unpaired) electrons. The van der Waals surface area contributed by atoms with Crippen LogP contribution in [0.15, 0.2) is 30.9 Å². The predicted molar refractivity (Wildman–Crippen MR) is 80.1 cm³/mol. The van der Waals surface area contributed by atoms with Gasteiger partial charge in [-0.15, -0.1) is 0 Å². The van der Waals surface area contributed by atoms with Gasteiger partial charge in [0.05, 0.1) is 16.8 Å². The molecular weight excluding hydrogens is 266 g/mol. The third-order valence-electron chi connectivity index (χ3n) is 4.16. The molecule has 0 saturated carbocycles. The molecule has 2 aliphatic rings. The number of hydrogen-bond donors (Lipinski definition) is 3. The summed E-state index contributed by atoms with van der Waals surface area (Å²) in [6.07, 6.45) is 5.02. The van der Waals surface area contributed by atoms with Crippen molar-refractivity contribution in [2.45, 2.75) is 25.4 Å².